The minimum Gasteiger partial charge on any atom is -0.349 e. The Labute approximate surface area is 149 Å². The highest BCUT2D eigenvalue weighted by molar-refractivity contribution is 5.92. The minimum atomic E-state index is -0.110. The summed E-state index contributed by atoms with van der Waals surface area (Å²) in [6.07, 6.45) is 1.01. The molecule has 0 aliphatic carbocycles. The molecular weight excluding hydrogens is 312 g/mol. The number of benzene rings is 1. The number of pyridine rings is 1. The highest BCUT2D eigenvalue weighted by Crippen LogP contribution is 2.33. The number of hydrogen-bond acceptors (Lipinski definition) is 4. The van der Waals surface area contributed by atoms with Gasteiger partial charge in [-0.1, -0.05) is 38.1 Å². The predicted molar refractivity (Wildman–Crippen MR) is 102 cm³/mol. The molecule has 2 aromatic rings. The van der Waals surface area contributed by atoms with Crippen LogP contribution < -0.4 is 10.2 Å². The average molecular weight is 338 g/mol. The molecule has 2 heterocycles. The maximum absolute atomic E-state index is 12.4. The number of fused-ring (bicyclic) bond motifs is 1. The number of carbonyl (C=O) groups excluding carboxylic acids is 1. The fraction of sp³-hybridized carbons (Fsp3) is 0.400. The van der Waals surface area contributed by atoms with E-state index in [4.69, 9.17) is 0 Å². The zero-order valence-corrected chi connectivity index (χ0v) is 15.0. The molecule has 0 saturated carbocycles. The monoisotopic (exact) mass is 338 g/mol. The Hall–Kier alpha value is -2.40. The third kappa shape index (κ3) is 3.99. The van der Waals surface area contributed by atoms with Gasteiger partial charge >= 0.3 is 0 Å². The van der Waals surface area contributed by atoms with Crippen molar-refractivity contribution in [1.82, 2.24) is 15.2 Å². The standard InChI is InChI=1S/C20H26N4O/c1-3-23(4-2)15-13-21-20(25)17-9-7-11-19(22-17)24-14-12-16-8-5-6-10-18(16)24/h5-11H,3-4,12-15H2,1-2H3,(H,21,25). The van der Waals surface area contributed by atoms with E-state index < -0.39 is 0 Å². The summed E-state index contributed by atoms with van der Waals surface area (Å²) < 4.78 is 0. The van der Waals surface area contributed by atoms with E-state index in [1.807, 2.05) is 18.2 Å². The van der Waals surface area contributed by atoms with E-state index in [1.54, 1.807) is 6.07 Å². The molecule has 1 aromatic carbocycles. The van der Waals surface area contributed by atoms with Crippen LogP contribution in [0.2, 0.25) is 0 Å². The first-order valence-corrected chi connectivity index (χ1v) is 9.06. The van der Waals surface area contributed by atoms with Gasteiger partial charge in [0.25, 0.3) is 5.91 Å². The summed E-state index contributed by atoms with van der Waals surface area (Å²) in [5.74, 6) is 0.725. The minimum absolute atomic E-state index is 0.110. The van der Waals surface area contributed by atoms with Crippen LogP contribution in [0.5, 0.6) is 0 Å². The van der Waals surface area contributed by atoms with Crippen LogP contribution in [0.1, 0.15) is 29.9 Å². The summed E-state index contributed by atoms with van der Waals surface area (Å²) in [5, 5.41) is 2.97. The van der Waals surface area contributed by atoms with E-state index in [0.717, 1.165) is 38.4 Å². The van der Waals surface area contributed by atoms with Crippen LogP contribution in [-0.4, -0.2) is 48.5 Å². The third-order valence-electron chi connectivity index (χ3n) is 4.74. The number of nitrogens with zero attached hydrogens (tertiary/aromatic N) is 3. The zero-order chi connectivity index (χ0) is 17.6. The molecule has 1 amide bonds. The topological polar surface area (TPSA) is 48.5 Å². The van der Waals surface area contributed by atoms with Crippen molar-refractivity contribution in [2.24, 2.45) is 0 Å². The Balaban J connectivity index is 1.67. The first-order valence-electron chi connectivity index (χ1n) is 9.06. The van der Waals surface area contributed by atoms with Crippen LogP contribution in [-0.2, 0) is 6.42 Å². The van der Waals surface area contributed by atoms with Gasteiger partial charge in [-0.25, -0.2) is 4.98 Å². The van der Waals surface area contributed by atoms with Gasteiger partial charge < -0.3 is 15.1 Å². The number of para-hydroxylation sites is 1. The summed E-state index contributed by atoms with van der Waals surface area (Å²) >= 11 is 0. The van der Waals surface area contributed by atoms with Crippen LogP contribution in [0.15, 0.2) is 42.5 Å². The molecule has 0 spiro atoms. The van der Waals surface area contributed by atoms with E-state index in [1.165, 1.54) is 11.3 Å². The van der Waals surface area contributed by atoms with Gasteiger partial charge in [0.05, 0.1) is 0 Å². The molecule has 25 heavy (non-hydrogen) atoms. The summed E-state index contributed by atoms with van der Waals surface area (Å²) in [6, 6.07) is 14.0. The van der Waals surface area contributed by atoms with E-state index in [0.29, 0.717) is 12.2 Å². The lowest BCUT2D eigenvalue weighted by atomic mass is 10.2. The molecule has 1 aliphatic heterocycles. The predicted octanol–water partition coefficient (Wildman–Crippen LogP) is 2.85. The second kappa shape index (κ2) is 8.12. The molecule has 132 valence electrons. The lowest BCUT2D eigenvalue weighted by Crippen LogP contribution is -2.35. The van der Waals surface area contributed by atoms with Crippen LogP contribution in [0, 0.1) is 0 Å². The fourth-order valence-electron chi connectivity index (χ4n) is 3.23. The maximum Gasteiger partial charge on any atom is 0.270 e. The molecule has 5 heteroatoms. The number of hydrogen-bond donors (Lipinski definition) is 1. The molecule has 1 aliphatic rings. The summed E-state index contributed by atoms with van der Waals surface area (Å²) in [7, 11) is 0. The van der Waals surface area contributed by atoms with Gasteiger partial charge in [0.15, 0.2) is 0 Å². The molecule has 0 fully saturated rings. The second-order valence-electron chi connectivity index (χ2n) is 6.19. The van der Waals surface area contributed by atoms with Crippen molar-refractivity contribution < 1.29 is 4.79 Å². The number of carbonyl (C=O) groups is 1. The molecule has 0 atom stereocenters. The number of amides is 1. The van der Waals surface area contributed by atoms with Crippen LogP contribution in [0.3, 0.4) is 0 Å². The van der Waals surface area contributed by atoms with Gasteiger partial charge in [0, 0.05) is 25.3 Å². The van der Waals surface area contributed by atoms with Gasteiger partial charge in [0.2, 0.25) is 0 Å². The van der Waals surface area contributed by atoms with E-state index in [9.17, 15) is 4.79 Å². The average Bonchev–Trinajstić information content (AvgIpc) is 3.09. The molecule has 1 N–H and O–H groups in total. The third-order valence-corrected chi connectivity index (χ3v) is 4.74. The first kappa shape index (κ1) is 17.4. The summed E-state index contributed by atoms with van der Waals surface area (Å²) in [6.45, 7) is 8.65. The molecule has 3 rings (SSSR count). The molecule has 0 unspecified atom stereocenters. The number of likely N-dealkylation sites (N-methyl/N-ethyl adjacent to an activating group) is 1. The van der Waals surface area contributed by atoms with E-state index in [-0.39, 0.29) is 5.91 Å². The molecule has 1 aromatic heterocycles. The Morgan fingerprint density at radius 2 is 1.96 bits per heavy atom. The zero-order valence-electron chi connectivity index (χ0n) is 15.0. The largest absolute Gasteiger partial charge is 0.349 e. The number of rotatable bonds is 7. The number of aromatic nitrogens is 1. The van der Waals surface area contributed by atoms with Gasteiger partial charge in [0.1, 0.15) is 11.5 Å². The highest BCUT2D eigenvalue weighted by atomic mass is 16.1. The van der Waals surface area contributed by atoms with Gasteiger partial charge in [-0.3, -0.25) is 4.79 Å². The lowest BCUT2D eigenvalue weighted by molar-refractivity contribution is 0.0944. The van der Waals surface area contributed by atoms with E-state index >= 15 is 0 Å². The van der Waals surface area contributed by atoms with Crippen molar-refractivity contribution in [1.29, 1.82) is 0 Å². The lowest BCUT2D eigenvalue weighted by Gasteiger charge is -2.19. The molecular formula is C20H26N4O. The van der Waals surface area contributed by atoms with Gasteiger partial charge in [-0.05, 0) is 43.3 Å². The summed E-state index contributed by atoms with van der Waals surface area (Å²) in [4.78, 5) is 21.5. The quantitative estimate of drug-likeness (QED) is 0.843. The summed E-state index contributed by atoms with van der Waals surface area (Å²) in [5.41, 5.74) is 2.99. The van der Waals surface area contributed by atoms with Crippen LogP contribution >= 0.6 is 0 Å². The maximum atomic E-state index is 12.4. The van der Waals surface area contributed by atoms with Gasteiger partial charge in [-0.15, -0.1) is 0 Å². The van der Waals surface area contributed by atoms with E-state index in [2.05, 4.69) is 52.1 Å². The smallest absolute Gasteiger partial charge is 0.270 e. The fourth-order valence-corrected chi connectivity index (χ4v) is 3.23. The molecule has 0 saturated heterocycles. The van der Waals surface area contributed by atoms with Crippen LogP contribution in [0.4, 0.5) is 11.5 Å². The highest BCUT2D eigenvalue weighted by Gasteiger charge is 2.21. The van der Waals surface area contributed by atoms with Crippen molar-refractivity contribution in [3.63, 3.8) is 0 Å². The Bertz CT molecular complexity index is 727. The first-order chi connectivity index (χ1) is 12.2. The molecule has 0 radical (unpaired) electrons. The van der Waals surface area contributed by atoms with Crippen molar-refractivity contribution in [3.8, 4) is 0 Å². The van der Waals surface area contributed by atoms with Crippen molar-refractivity contribution >= 4 is 17.4 Å². The Morgan fingerprint density at radius 3 is 2.76 bits per heavy atom. The Kier molecular flexibility index (Phi) is 5.66. The SMILES string of the molecule is CCN(CC)CCNC(=O)c1cccc(N2CCc3ccccc32)n1. The van der Waals surface area contributed by atoms with Gasteiger partial charge in [-0.2, -0.15) is 0 Å². The number of anilines is 2. The van der Waals surface area contributed by atoms with Crippen LogP contribution in [0.25, 0.3) is 0 Å². The van der Waals surface area contributed by atoms with Crippen molar-refractivity contribution in [2.75, 3.05) is 37.6 Å². The van der Waals surface area contributed by atoms with Crippen molar-refractivity contribution in [3.05, 3.63) is 53.7 Å². The molecule has 0 bridgehead atoms. The Morgan fingerprint density at radius 1 is 1.16 bits per heavy atom. The normalized spacial score (nSPS) is 13.2. The molecule has 5 nitrogen and oxygen atoms in total. The van der Waals surface area contributed by atoms with Crippen molar-refractivity contribution in [2.45, 2.75) is 20.3 Å². The number of nitrogens with one attached hydrogen (secondary N) is 1. The second-order valence-corrected chi connectivity index (χ2v) is 6.19.